The molecule has 0 spiro atoms. The van der Waals surface area contributed by atoms with Crippen LogP contribution in [-0.4, -0.2) is 37.6 Å². The van der Waals surface area contributed by atoms with Crippen LogP contribution in [0.2, 0.25) is 0 Å². The van der Waals surface area contributed by atoms with Gasteiger partial charge < -0.3 is 19.7 Å². The zero-order chi connectivity index (χ0) is 18.5. The fourth-order valence-electron chi connectivity index (χ4n) is 2.57. The molecule has 0 unspecified atom stereocenters. The second-order valence-electron chi connectivity index (χ2n) is 5.92. The van der Waals surface area contributed by atoms with Crippen molar-refractivity contribution < 1.29 is 19.1 Å². The number of nitrogens with zero attached hydrogens (tertiary/aromatic N) is 1. The van der Waals surface area contributed by atoms with E-state index in [-0.39, 0.29) is 18.6 Å². The lowest BCUT2D eigenvalue weighted by atomic mass is 10.1. The molecule has 6 heteroatoms. The maximum absolute atomic E-state index is 12.3. The summed E-state index contributed by atoms with van der Waals surface area (Å²) >= 11 is 0. The minimum Gasteiger partial charge on any atom is -0.454 e. The molecule has 2 amide bonds. The third-order valence-electron chi connectivity index (χ3n) is 4.05. The van der Waals surface area contributed by atoms with Crippen molar-refractivity contribution in [2.45, 2.75) is 6.54 Å². The van der Waals surface area contributed by atoms with Crippen molar-refractivity contribution >= 4 is 17.9 Å². The van der Waals surface area contributed by atoms with Gasteiger partial charge in [-0.3, -0.25) is 9.59 Å². The molecule has 1 heterocycles. The Morgan fingerprint density at radius 1 is 1.12 bits per heavy atom. The van der Waals surface area contributed by atoms with Crippen molar-refractivity contribution in [1.29, 1.82) is 0 Å². The van der Waals surface area contributed by atoms with Crippen LogP contribution < -0.4 is 14.8 Å². The number of amides is 2. The highest BCUT2D eigenvalue weighted by molar-refractivity contribution is 5.94. The van der Waals surface area contributed by atoms with Crippen molar-refractivity contribution in [3.05, 3.63) is 65.2 Å². The summed E-state index contributed by atoms with van der Waals surface area (Å²) in [7, 11) is 3.33. The van der Waals surface area contributed by atoms with Gasteiger partial charge in [-0.1, -0.05) is 18.2 Å². The van der Waals surface area contributed by atoms with Crippen LogP contribution in [0.1, 0.15) is 21.5 Å². The van der Waals surface area contributed by atoms with Gasteiger partial charge in [-0.15, -0.1) is 0 Å². The second kappa shape index (κ2) is 7.74. The number of carbonyl (C=O) groups excluding carboxylic acids is 2. The molecule has 1 aliphatic rings. The number of ether oxygens (including phenoxy) is 2. The van der Waals surface area contributed by atoms with Gasteiger partial charge in [0.05, 0.1) is 0 Å². The lowest BCUT2D eigenvalue weighted by molar-refractivity contribution is -0.125. The molecule has 0 saturated carbocycles. The third-order valence-corrected chi connectivity index (χ3v) is 4.05. The number of likely N-dealkylation sites (N-methyl/N-ethyl adjacent to an activating group) is 1. The standard InChI is InChI=1S/C20H20N2O4/c1-21-20(24)16-7-3-15(4-8-16)12-22(2)19(23)10-6-14-5-9-17-18(11-14)26-13-25-17/h3-11H,12-13H2,1-2H3,(H,21,24)/b10-6+. The topological polar surface area (TPSA) is 67.9 Å². The van der Waals surface area contributed by atoms with Crippen LogP contribution in [0.4, 0.5) is 0 Å². The number of rotatable bonds is 5. The van der Waals surface area contributed by atoms with Gasteiger partial charge in [0.15, 0.2) is 11.5 Å². The minimum absolute atomic E-state index is 0.113. The predicted octanol–water partition coefficient (Wildman–Crippen LogP) is 2.45. The van der Waals surface area contributed by atoms with Gasteiger partial charge in [-0.2, -0.15) is 0 Å². The van der Waals surface area contributed by atoms with E-state index in [1.54, 1.807) is 37.2 Å². The molecule has 134 valence electrons. The van der Waals surface area contributed by atoms with Crippen molar-refractivity contribution in [3.8, 4) is 11.5 Å². The van der Waals surface area contributed by atoms with Crippen LogP contribution in [0.5, 0.6) is 11.5 Å². The molecule has 0 aromatic heterocycles. The first-order chi connectivity index (χ1) is 12.6. The Kier molecular flexibility index (Phi) is 5.22. The molecule has 2 aromatic rings. The van der Waals surface area contributed by atoms with Crippen molar-refractivity contribution in [1.82, 2.24) is 10.2 Å². The Labute approximate surface area is 152 Å². The van der Waals surface area contributed by atoms with Crippen LogP contribution in [0.15, 0.2) is 48.5 Å². The molecule has 0 atom stereocenters. The zero-order valence-electron chi connectivity index (χ0n) is 14.7. The van der Waals surface area contributed by atoms with E-state index >= 15 is 0 Å². The lowest BCUT2D eigenvalue weighted by Crippen LogP contribution is -2.24. The van der Waals surface area contributed by atoms with E-state index < -0.39 is 0 Å². The van der Waals surface area contributed by atoms with E-state index in [9.17, 15) is 9.59 Å². The first-order valence-corrected chi connectivity index (χ1v) is 8.20. The summed E-state index contributed by atoms with van der Waals surface area (Å²) in [5, 5.41) is 2.58. The Hall–Kier alpha value is -3.28. The molecule has 2 aromatic carbocycles. The van der Waals surface area contributed by atoms with Crippen molar-refractivity contribution in [2.75, 3.05) is 20.9 Å². The average Bonchev–Trinajstić information content (AvgIpc) is 3.13. The molecule has 0 bridgehead atoms. The van der Waals surface area contributed by atoms with E-state index in [2.05, 4.69) is 5.32 Å². The van der Waals surface area contributed by atoms with Crippen LogP contribution in [0, 0.1) is 0 Å². The van der Waals surface area contributed by atoms with Gasteiger partial charge in [0, 0.05) is 32.3 Å². The van der Waals surface area contributed by atoms with Gasteiger partial charge in [0.25, 0.3) is 5.91 Å². The Bertz CT molecular complexity index is 843. The summed E-state index contributed by atoms with van der Waals surface area (Å²) in [5.74, 6) is 1.15. The van der Waals surface area contributed by atoms with E-state index in [4.69, 9.17) is 9.47 Å². The molecule has 3 rings (SSSR count). The smallest absolute Gasteiger partial charge is 0.251 e. The van der Waals surface area contributed by atoms with Crippen LogP contribution in [0.3, 0.4) is 0 Å². The fourth-order valence-corrected chi connectivity index (χ4v) is 2.57. The lowest BCUT2D eigenvalue weighted by Gasteiger charge is -2.15. The Morgan fingerprint density at radius 3 is 2.58 bits per heavy atom. The summed E-state index contributed by atoms with van der Waals surface area (Å²) in [6, 6.07) is 12.7. The molecule has 26 heavy (non-hydrogen) atoms. The highest BCUT2D eigenvalue weighted by Crippen LogP contribution is 2.32. The first kappa shape index (κ1) is 17.5. The highest BCUT2D eigenvalue weighted by atomic mass is 16.7. The third kappa shape index (κ3) is 4.03. The quantitative estimate of drug-likeness (QED) is 0.840. The first-order valence-electron chi connectivity index (χ1n) is 8.20. The number of fused-ring (bicyclic) bond motifs is 1. The molecule has 0 aliphatic carbocycles. The summed E-state index contributed by atoms with van der Waals surface area (Å²) < 4.78 is 10.6. The molecule has 0 saturated heterocycles. The zero-order valence-corrected chi connectivity index (χ0v) is 14.7. The summed E-state index contributed by atoms with van der Waals surface area (Å²) in [5.41, 5.74) is 2.41. The number of hydrogen-bond acceptors (Lipinski definition) is 4. The van der Waals surface area contributed by atoms with Crippen molar-refractivity contribution in [2.24, 2.45) is 0 Å². The number of nitrogens with one attached hydrogen (secondary N) is 1. The Balaban J connectivity index is 1.60. The van der Waals surface area contributed by atoms with E-state index in [0.29, 0.717) is 23.6 Å². The minimum atomic E-state index is -0.132. The second-order valence-corrected chi connectivity index (χ2v) is 5.92. The molecular weight excluding hydrogens is 332 g/mol. The average molecular weight is 352 g/mol. The Morgan fingerprint density at radius 2 is 1.85 bits per heavy atom. The van der Waals surface area contributed by atoms with Gasteiger partial charge in [0.2, 0.25) is 12.7 Å². The largest absolute Gasteiger partial charge is 0.454 e. The monoisotopic (exact) mass is 352 g/mol. The van der Waals surface area contributed by atoms with Gasteiger partial charge in [-0.05, 0) is 41.5 Å². The van der Waals surface area contributed by atoms with Gasteiger partial charge in [-0.25, -0.2) is 0 Å². The summed E-state index contributed by atoms with van der Waals surface area (Å²) in [4.78, 5) is 25.4. The summed E-state index contributed by atoms with van der Waals surface area (Å²) in [6.45, 7) is 0.682. The SMILES string of the molecule is CNC(=O)c1ccc(CN(C)C(=O)/C=C/c2ccc3c(c2)OCO3)cc1. The van der Waals surface area contributed by atoms with Crippen LogP contribution in [0.25, 0.3) is 6.08 Å². The van der Waals surface area contributed by atoms with E-state index in [0.717, 1.165) is 11.1 Å². The van der Waals surface area contributed by atoms with E-state index in [1.165, 1.54) is 6.08 Å². The maximum atomic E-state index is 12.3. The normalized spacial score (nSPS) is 12.2. The predicted molar refractivity (Wildman–Crippen MR) is 97.9 cm³/mol. The van der Waals surface area contributed by atoms with Crippen molar-refractivity contribution in [3.63, 3.8) is 0 Å². The fraction of sp³-hybridized carbons (Fsp3) is 0.200. The number of benzene rings is 2. The van der Waals surface area contributed by atoms with Crippen LogP contribution in [-0.2, 0) is 11.3 Å². The van der Waals surface area contributed by atoms with Crippen LogP contribution >= 0.6 is 0 Å². The number of carbonyl (C=O) groups is 2. The van der Waals surface area contributed by atoms with Gasteiger partial charge in [0.1, 0.15) is 0 Å². The number of hydrogen-bond donors (Lipinski definition) is 1. The van der Waals surface area contributed by atoms with Gasteiger partial charge >= 0.3 is 0 Å². The molecule has 1 N–H and O–H groups in total. The summed E-state index contributed by atoms with van der Waals surface area (Å²) in [6.07, 6.45) is 3.27. The molecule has 1 aliphatic heterocycles. The highest BCUT2D eigenvalue weighted by Gasteiger charge is 2.12. The maximum Gasteiger partial charge on any atom is 0.251 e. The molecule has 6 nitrogen and oxygen atoms in total. The molecule has 0 fully saturated rings. The van der Waals surface area contributed by atoms with E-state index in [1.807, 2.05) is 30.3 Å². The molecular formula is C20H20N2O4. The molecule has 0 radical (unpaired) electrons.